The van der Waals surface area contributed by atoms with E-state index >= 15 is 0 Å². The third-order valence-corrected chi connectivity index (χ3v) is 3.00. The van der Waals surface area contributed by atoms with E-state index in [4.69, 9.17) is 21.1 Å². The Balaban J connectivity index is 2.24. The SMILES string of the molecule is COCCNC(=O)CNC(=O)COc1ccc(Cl)c(C)c1. The summed E-state index contributed by atoms with van der Waals surface area (Å²) in [4.78, 5) is 22.9. The van der Waals surface area contributed by atoms with Gasteiger partial charge in [-0.3, -0.25) is 9.59 Å². The van der Waals surface area contributed by atoms with Crippen LogP contribution in [-0.2, 0) is 14.3 Å². The van der Waals surface area contributed by atoms with Crippen molar-refractivity contribution < 1.29 is 19.1 Å². The van der Waals surface area contributed by atoms with Gasteiger partial charge in [0.2, 0.25) is 5.91 Å². The van der Waals surface area contributed by atoms with Gasteiger partial charge in [0.1, 0.15) is 5.75 Å². The summed E-state index contributed by atoms with van der Waals surface area (Å²) in [6.45, 7) is 2.43. The molecule has 2 N–H and O–H groups in total. The van der Waals surface area contributed by atoms with Crippen molar-refractivity contribution in [2.75, 3.05) is 33.4 Å². The molecule has 0 saturated carbocycles. The number of ether oxygens (including phenoxy) is 2. The first-order valence-electron chi connectivity index (χ1n) is 6.44. The van der Waals surface area contributed by atoms with Crippen molar-refractivity contribution in [3.05, 3.63) is 28.8 Å². The molecule has 0 aliphatic rings. The molecule has 1 aromatic rings. The third kappa shape index (κ3) is 6.97. The minimum absolute atomic E-state index is 0.0917. The first kappa shape index (κ1) is 17.3. The van der Waals surface area contributed by atoms with E-state index in [0.717, 1.165) is 5.56 Å². The Hall–Kier alpha value is -1.79. The molecule has 0 bridgehead atoms. The normalized spacial score (nSPS) is 10.0. The molecule has 0 spiro atoms. The van der Waals surface area contributed by atoms with Crippen LogP contribution in [0.3, 0.4) is 0 Å². The summed E-state index contributed by atoms with van der Waals surface area (Å²) >= 11 is 5.89. The molecule has 1 rings (SSSR count). The minimum atomic E-state index is -0.371. The van der Waals surface area contributed by atoms with Gasteiger partial charge in [-0.1, -0.05) is 11.6 Å². The number of benzene rings is 1. The first-order valence-corrected chi connectivity index (χ1v) is 6.82. The van der Waals surface area contributed by atoms with Gasteiger partial charge in [-0.15, -0.1) is 0 Å². The molecular formula is C14H19ClN2O4. The number of carbonyl (C=O) groups is 2. The fraction of sp³-hybridized carbons (Fsp3) is 0.429. The molecule has 0 aliphatic heterocycles. The van der Waals surface area contributed by atoms with Crippen LogP contribution in [-0.4, -0.2) is 45.2 Å². The van der Waals surface area contributed by atoms with Gasteiger partial charge < -0.3 is 20.1 Å². The number of amides is 2. The fourth-order valence-corrected chi connectivity index (χ4v) is 1.56. The van der Waals surface area contributed by atoms with Crippen molar-refractivity contribution in [3.63, 3.8) is 0 Å². The van der Waals surface area contributed by atoms with E-state index in [9.17, 15) is 9.59 Å². The average Bonchev–Trinajstić information content (AvgIpc) is 2.46. The lowest BCUT2D eigenvalue weighted by Gasteiger charge is -2.09. The van der Waals surface area contributed by atoms with E-state index in [1.54, 1.807) is 25.3 Å². The number of methoxy groups -OCH3 is 1. The minimum Gasteiger partial charge on any atom is -0.484 e. The van der Waals surface area contributed by atoms with E-state index in [1.165, 1.54) is 0 Å². The molecule has 0 atom stereocenters. The number of halogens is 1. The maximum absolute atomic E-state index is 11.5. The van der Waals surface area contributed by atoms with Gasteiger partial charge in [0.05, 0.1) is 13.2 Å². The molecule has 0 fully saturated rings. The molecule has 116 valence electrons. The fourth-order valence-electron chi connectivity index (χ4n) is 1.44. The van der Waals surface area contributed by atoms with Crippen LogP contribution in [0.1, 0.15) is 5.56 Å². The van der Waals surface area contributed by atoms with Crippen molar-refractivity contribution in [1.82, 2.24) is 10.6 Å². The van der Waals surface area contributed by atoms with Crippen molar-refractivity contribution in [2.45, 2.75) is 6.92 Å². The Morgan fingerprint density at radius 2 is 2.00 bits per heavy atom. The van der Waals surface area contributed by atoms with Gasteiger partial charge in [-0.05, 0) is 30.7 Å². The van der Waals surface area contributed by atoms with Crippen molar-refractivity contribution >= 4 is 23.4 Å². The Morgan fingerprint density at radius 1 is 1.24 bits per heavy atom. The van der Waals surface area contributed by atoms with Crippen LogP contribution in [0.25, 0.3) is 0 Å². The van der Waals surface area contributed by atoms with Crippen LogP contribution in [0.4, 0.5) is 0 Å². The van der Waals surface area contributed by atoms with Crippen LogP contribution < -0.4 is 15.4 Å². The molecule has 0 aromatic heterocycles. The topological polar surface area (TPSA) is 76.7 Å². The number of hydrogen-bond donors (Lipinski definition) is 2. The highest BCUT2D eigenvalue weighted by molar-refractivity contribution is 6.31. The molecule has 0 unspecified atom stereocenters. The molecule has 21 heavy (non-hydrogen) atoms. The standard InChI is InChI=1S/C14H19ClN2O4/c1-10-7-11(3-4-12(10)15)21-9-14(19)17-8-13(18)16-5-6-20-2/h3-4,7H,5-6,8-9H2,1-2H3,(H,16,18)(H,17,19). The Morgan fingerprint density at radius 3 is 2.67 bits per heavy atom. The number of hydrogen-bond acceptors (Lipinski definition) is 4. The van der Waals surface area contributed by atoms with Crippen LogP contribution >= 0.6 is 11.6 Å². The Bertz CT molecular complexity index is 494. The van der Waals surface area contributed by atoms with Crippen LogP contribution in [0.15, 0.2) is 18.2 Å². The summed E-state index contributed by atoms with van der Waals surface area (Å²) in [7, 11) is 1.55. The lowest BCUT2D eigenvalue weighted by Crippen LogP contribution is -2.39. The maximum Gasteiger partial charge on any atom is 0.258 e. The lowest BCUT2D eigenvalue weighted by molar-refractivity contribution is -0.127. The monoisotopic (exact) mass is 314 g/mol. The van der Waals surface area contributed by atoms with Crippen LogP contribution in [0.2, 0.25) is 5.02 Å². The van der Waals surface area contributed by atoms with Crippen LogP contribution in [0, 0.1) is 6.92 Å². The quantitative estimate of drug-likeness (QED) is 0.699. The van der Waals surface area contributed by atoms with Gasteiger partial charge in [0.25, 0.3) is 5.91 Å². The molecule has 6 nitrogen and oxygen atoms in total. The van der Waals surface area contributed by atoms with Gasteiger partial charge >= 0.3 is 0 Å². The second-order valence-electron chi connectivity index (χ2n) is 4.32. The smallest absolute Gasteiger partial charge is 0.258 e. The summed E-state index contributed by atoms with van der Waals surface area (Å²) in [5, 5.41) is 5.69. The number of nitrogens with one attached hydrogen (secondary N) is 2. The highest BCUT2D eigenvalue weighted by Crippen LogP contribution is 2.20. The summed E-state index contributed by atoms with van der Waals surface area (Å²) in [5.41, 5.74) is 0.868. The largest absolute Gasteiger partial charge is 0.484 e. The maximum atomic E-state index is 11.5. The van der Waals surface area contributed by atoms with Crippen molar-refractivity contribution in [3.8, 4) is 5.75 Å². The van der Waals surface area contributed by atoms with E-state index in [2.05, 4.69) is 10.6 Å². The highest BCUT2D eigenvalue weighted by Gasteiger charge is 2.06. The molecule has 7 heteroatoms. The van der Waals surface area contributed by atoms with Crippen molar-refractivity contribution in [2.24, 2.45) is 0 Å². The first-order chi connectivity index (χ1) is 10.0. The summed E-state index contributed by atoms with van der Waals surface area (Å²) in [6.07, 6.45) is 0. The molecule has 0 heterocycles. The van der Waals surface area contributed by atoms with Crippen molar-refractivity contribution in [1.29, 1.82) is 0 Å². The predicted molar refractivity (Wildman–Crippen MR) is 79.6 cm³/mol. The molecule has 1 aromatic carbocycles. The van der Waals surface area contributed by atoms with Gasteiger partial charge in [0, 0.05) is 18.7 Å². The van der Waals surface area contributed by atoms with E-state index in [-0.39, 0.29) is 25.0 Å². The molecular weight excluding hydrogens is 296 g/mol. The van der Waals surface area contributed by atoms with Gasteiger partial charge in [-0.2, -0.15) is 0 Å². The lowest BCUT2D eigenvalue weighted by atomic mass is 10.2. The number of carbonyl (C=O) groups excluding carboxylic acids is 2. The Labute approximate surface area is 128 Å². The zero-order valence-corrected chi connectivity index (χ0v) is 12.8. The second kappa shape index (κ2) is 9.20. The van der Waals surface area contributed by atoms with E-state index in [1.807, 2.05) is 6.92 Å². The summed E-state index contributed by atoms with van der Waals surface area (Å²) in [6, 6.07) is 5.13. The molecule has 2 amide bonds. The van der Waals surface area contributed by atoms with Crippen LogP contribution in [0.5, 0.6) is 5.75 Å². The predicted octanol–water partition coefficient (Wildman–Crippen LogP) is 0.906. The van der Waals surface area contributed by atoms with Gasteiger partial charge in [0.15, 0.2) is 6.61 Å². The second-order valence-corrected chi connectivity index (χ2v) is 4.73. The van der Waals surface area contributed by atoms with E-state index in [0.29, 0.717) is 23.9 Å². The summed E-state index contributed by atoms with van der Waals surface area (Å²) < 4.78 is 10.1. The molecule has 0 radical (unpaired) electrons. The average molecular weight is 315 g/mol. The third-order valence-electron chi connectivity index (χ3n) is 2.57. The molecule has 0 saturated heterocycles. The zero-order chi connectivity index (χ0) is 15.7. The molecule has 0 aliphatic carbocycles. The number of aryl methyl sites for hydroxylation is 1. The van der Waals surface area contributed by atoms with Gasteiger partial charge in [-0.25, -0.2) is 0 Å². The van der Waals surface area contributed by atoms with E-state index < -0.39 is 0 Å². The number of rotatable bonds is 8. The zero-order valence-electron chi connectivity index (χ0n) is 12.1. The highest BCUT2D eigenvalue weighted by atomic mass is 35.5. The summed E-state index contributed by atoms with van der Waals surface area (Å²) in [5.74, 6) is -0.0937. The Kier molecular flexibility index (Phi) is 7.56.